The van der Waals surface area contributed by atoms with Crippen molar-refractivity contribution < 1.29 is 9.53 Å². The Bertz CT molecular complexity index is 490. The second-order valence-corrected chi connectivity index (χ2v) is 4.99. The lowest BCUT2D eigenvalue weighted by atomic mass is 10.2. The number of aromatic nitrogens is 2. The van der Waals surface area contributed by atoms with E-state index in [-0.39, 0.29) is 12.0 Å². The molecule has 1 aromatic heterocycles. The maximum Gasteiger partial charge on any atom is 0.244 e. The average molecular weight is 284 g/mol. The number of nitrogens with zero attached hydrogens (tertiary/aromatic N) is 2. The summed E-state index contributed by atoms with van der Waals surface area (Å²) in [6.45, 7) is 3.21. The summed E-state index contributed by atoms with van der Waals surface area (Å²) in [5, 5.41) is 7.53. The predicted octanol–water partition coefficient (Wildman–Crippen LogP) is 1.69. The number of carbonyl (C=O) groups excluding carboxylic acids is 1. The molecule has 0 spiro atoms. The molecule has 0 aliphatic carbocycles. The summed E-state index contributed by atoms with van der Waals surface area (Å²) in [5.74, 6) is -0.144. The van der Waals surface area contributed by atoms with E-state index in [0.717, 1.165) is 30.7 Å². The van der Waals surface area contributed by atoms with Gasteiger partial charge < -0.3 is 10.1 Å². The highest BCUT2D eigenvalue weighted by atomic mass is 35.5. The van der Waals surface area contributed by atoms with E-state index in [0.29, 0.717) is 11.7 Å². The number of amides is 1. The maximum atomic E-state index is 11.7. The predicted molar refractivity (Wildman–Crippen MR) is 74.0 cm³/mol. The van der Waals surface area contributed by atoms with Crippen molar-refractivity contribution >= 4 is 23.6 Å². The van der Waals surface area contributed by atoms with Crippen molar-refractivity contribution in [2.75, 3.05) is 13.2 Å². The molecule has 5 nitrogen and oxygen atoms in total. The van der Waals surface area contributed by atoms with Gasteiger partial charge in [-0.2, -0.15) is 5.10 Å². The van der Waals surface area contributed by atoms with Crippen LogP contribution in [0, 0.1) is 6.92 Å². The van der Waals surface area contributed by atoms with E-state index in [1.807, 2.05) is 6.92 Å². The van der Waals surface area contributed by atoms with Crippen LogP contribution in [-0.4, -0.2) is 34.9 Å². The molecule has 19 heavy (non-hydrogen) atoms. The van der Waals surface area contributed by atoms with E-state index in [9.17, 15) is 4.79 Å². The van der Waals surface area contributed by atoms with Gasteiger partial charge in [0.2, 0.25) is 5.91 Å². The van der Waals surface area contributed by atoms with Gasteiger partial charge in [0.15, 0.2) is 0 Å². The van der Waals surface area contributed by atoms with Crippen molar-refractivity contribution in [2.24, 2.45) is 7.05 Å². The fourth-order valence-corrected chi connectivity index (χ4v) is 2.31. The van der Waals surface area contributed by atoms with Gasteiger partial charge in [-0.05, 0) is 25.8 Å². The number of ether oxygens (including phenoxy) is 1. The Balaban J connectivity index is 1.88. The molecule has 1 saturated heterocycles. The second-order valence-electron chi connectivity index (χ2n) is 4.63. The van der Waals surface area contributed by atoms with Crippen molar-refractivity contribution in [1.29, 1.82) is 0 Å². The highest BCUT2D eigenvalue weighted by Gasteiger charge is 2.15. The first-order valence-corrected chi connectivity index (χ1v) is 6.72. The molecule has 1 N–H and O–H groups in total. The second kappa shape index (κ2) is 6.21. The zero-order chi connectivity index (χ0) is 13.8. The van der Waals surface area contributed by atoms with E-state index < -0.39 is 0 Å². The van der Waals surface area contributed by atoms with Gasteiger partial charge in [-0.25, -0.2) is 0 Å². The van der Waals surface area contributed by atoms with Crippen LogP contribution in [-0.2, 0) is 16.6 Å². The fourth-order valence-electron chi connectivity index (χ4n) is 2.07. The Kier molecular flexibility index (Phi) is 4.61. The summed E-state index contributed by atoms with van der Waals surface area (Å²) in [6, 6.07) is 0. The lowest BCUT2D eigenvalue weighted by Gasteiger charge is -2.08. The minimum absolute atomic E-state index is 0.144. The van der Waals surface area contributed by atoms with Crippen molar-refractivity contribution in [1.82, 2.24) is 15.1 Å². The highest BCUT2D eigenvalue weighted by molar-refractivity contribution is 6.31. The molecule has 1 aromatic rings. The molecule has 2 rings (SSSR count). The van der Waals surface area contributed by atoms with Gasteiger partial charge in [-0.15, -0.1) is 0 Å². The van der Waals surface area contributed by atoms with Gasteiger partial charge in [0.1, 0.15) is 5.15 Å². The first-order chi connectivity index (χ1) is 9.08. The van der Waals surface area contributed by atoms with E-state index in [1.165, 1.54) is 6.08 Å². The van der Waals surface area contributed by atoms with Crippen molar-refractivity contribution in [3.05, 3.63) is 22.5 Å². The quantitative estimate of drug-likeness (QED) is 0.856. The summed E-state index contributed by atoms with van der Waals surface area (Å²) in [4.78, 5) is 11.7. The van der Waals surface area contributed by atoms with Crippen molar-refractivity contribution in [3.8, 4) is 0 Å². The first kappa shape index (κ1) is 14.1. The number of hydrogen-bond acceptors (Lipinski definition) is 3. The lowest BCUT2D eigenvalue weighted by Crippen LogP contribution is -2.30. The fraction of sp³-hybridized carbons (Fsp3) is 0.538. The third-order valence-corrected chi connectivity index (χ3v) is 3.57. The lowest BCUT2D eigenvalue weighted by molar-refractivity contribution is -0.116. The summed E-state index contributed by atoms with van der Waals surface area (Å²) in [6.07, 6.45) is 5.40. The molecule has 1 aliphatic heterocycles. The Morgan fingerprint density at radius 1 is 1.68 bits per heavy atom. The molecule has 104 valence electrons. The van der Waals surface area contributed by atoms with Crippen molar-refractivity contribution in [2.45, 2.75) is 25.9 Å². The molecule has 0 aromatic carbocycles. The van der Waals surface area contributed by atoms with Gasteiger partial charge in [0.25, 0.3) is 0 Å². The number of halogens is 1. The van der Waals surface area contributed by atoms with E-state index in [1.54, 1.807) is 17.8 Å². The number of carbonyl (C=O) groups is 1. The first-order valence-electron chi connectivity index (χ1n) is 6.34. The molecule has 0 radical (unpaired) electrons. The summed E-state index contributed by atoms with van der Waals surface area (Å²) in [5.41, 5.74) is 1.58. The minimum atomic E-state index is -0.144. The van der Waals surface area contributed by atoms with Crippen molar-refractivity contribution in [3.63, 3.8) is 0 Å². The number of rotatable bonds is 4. The zero-order valence-electron chi connectivity index (χ0n) is 11.1. The molecule has 1 unspecified atom stereocenters. The average Bonchev–Trinajstić information content (AvgIpc) is 2.96. The Labute approximate surface area is 117 Å². The number of nitrogens with one attached hydrogen (secondary N) is 1. The molecule has 1 fully saturated rings. The Morgan fingerprint density at radius 2 is 2.47 bits per heavy atom. The molecule has 0 saturated carbocycles. The van der Waals surface area contributed by atoms with Crippen LogP contribution in [0.15, 0.2) is 6.08 Å². The van der Waals surface area contributed by atoms with Gasteiger partial charge in [-0.1, -0.05) is 11.6 Å². The molecular formula is C13H18ClN3O2. The van der Waals surface area contributed by atoms with Crippen LogP contribution in [0.2, 0.25) is 5.15 Å². The Morgan fingerprint density at radius 3 is 3.05 bits per heavy atom. The molecule has 0 bridgehead atoms. The number of hydrogen-bond donors (Lipinski definition) is 1. The maximum absolute atomic E-state index is 11.7. The molecule has 1 atom stereocenters. The standard InChI is InChI=1S/C13H18ClN3O2/c1-9-11(13(14)17(2)16-9)5-6-12(18)15-8-10-4-3-7-19-10/h5-6,10H,3-4,7-8H2,1-2H3,(H,15,18)/b6-5+. The summed E-state index contributed by atoms with van der Waals surface area (Å²) in [7, 11) is 1.77. The molecule has 2 heterocycles. The number of aryl methyl sites for hydroxylation is 2. The molecule has 1 aliphatic rings. The zero-order valence-corrected chi connectivity index (χ0v) is 11.9. The van der Waals surface area contributed by atoms with Crippen LogP contribution < -0.4 is 5.32 Å². The topological polar surface area (TPSA) is 56.2 Å². The van der Waals surface area contributed by atoms with Gasteiger partial charge in [-0.3, -0.25) is 9.48 Å². The Hall–Kier alpha value is -1.33. The van der Waals surface area contributed by atoms with Crippen LogP contribution in [0.1, 0.15) is 24.1 Å². The van der Waals surface area contributed by atoms with Crippen LogP contribution in [0.4, 0.5) is 0 Å². The minimum Gasteiger partial charge on any atom is -0.376 e. The molecule has 6 heteroatoms. The van der Waals surface area contributed by atoms with Crippen LogP contribution >= 0.6 is 11.6 Å². The SMILES string of the molecule is Cc1nn(C)c(Cl)c1/C=C/C(=O)NCC1CCCO1. The van der Waals surface area contributed by atoms with E-state index >= 15 is 0 Å². The van der Waals surface area contributed by atoms with Crippen LogP contribution in [0.25, 0.3) is 6.08 Å². The monoisotopic (exact) mass is 283 g/mol. The van der Waals surface area contributed by atoms with E-state index in [4.69, 9.17) is 16.3 Å². The van der Waals surface area contributed by atoms with Gasteiger partial charge in [0.05, 0.1) is 11.8 Å². The van der Waals surface area contributed by atoms with Crippen LogP contribution in [0.3, 0.4) is 0 Å². The largest absolute Gasteiger partial charge is 0.376 e. The summed E-state index contributed by atoms with van der Waals surface area (Å²) >= 11 is 6.08. The smallest absolute Gasteiger partial charge is 0.244 e. The summed E-state index contributed by atoms with van der Waals surface area (Å²) < 4.78 is 7.02. The van der Waals surface area contributed by atoms with Gasteiger partial charge >= 0.3 is 0 Å². The van der Waals surface area contributed by atoms with Crippen LogP contribution in [0.5, 0.6) is 0 Å². The molecule has 1 amide bonds. The van der Waals surface area contributed by atoms with Gasteiger partial charge in [0, 0.05) is 31.8 Å². The van der Waals surface area contributed by atoms with E-state index in [2.05, 4.69) is 10.4 Å². The highest BCUT2D eigenvalue weighted by Crippen LogP contribution is 2.19. The molecular weight excluding hydrogens is 266 g/mol. The third kappa shape index (κ3) is 3.58. The third-order valence-electron chi connectivity index (χ3n) is 3.13. The normalized spacial score (nSPS) is 19.2.